The Morgan fingerprint density at radius 3 is 3.05 bits per heavy atom. The molecule has 0 bridgehead atoms. The summed E-state index contributed by atoms with van der Waals surface area (Å²) in [7, 11) is -3.43. The second kappa shape index (κ2) is 5.63. The predicted octanol–water partition coefficient (Wildman–Crippen LogP) is 0.779. The third-order valence-corrected chi connectivity index (χ3v) is 5.06. The summed E-state index contributed by atoms with van der Waals surface area (Å²) >= 11 is 0. The number of carbonyl (C=O) groups is 1. The molecule has 0 radical (unpaired) electrons. The number of ether oxygens (including phenoxy) is 1. The van der Waals surface area contributed by atoms with Gasteiger partial charge in [0.15, 0.2) is 0 Å². The maximum atomic E-state index is 11.8. The van der Waals surface area contributed by atoms with Gasteiger partial charge in [0, 0.05) is 25.4 Å². The van der Waals surface area contributed by atoms with Crippen molar-refractivity contribution in [1.29, 1.82) is 0 Å². The third kappa shape index (κ3) is 3.17. The lowest BCUT2D eigenvalue weighted by molar-refractivity contribution is 0.112. The molecule has 1 saturated heterocycles. The fraction of sp³-hybridized carbons (Fsp3) is 0.462. The number of rotatable bonds is 3. The molecule has 1 atom stereocenters. The molecule has 1 aromatic carbocycles. The minimum Gasteiger partial charge on any atom is -0.376 e. The largest absolute Gasteiger partial charge is 0.376 e. The van der Waals surface area contributed by atoms with Crippen LogP contribution in [-0.2, 0) is 21.3 Å². The predicted molar refractivity (Wildman–Crippen MR) is 76.5 cm³/mol. The van der Waals surface area contributed by atoms with Crippen LogP contribution in [0, 0.1) is 0 Å². The Morgan fingerprint density at radius 2 is 2.29 bits per heavy atom. The van der Waals surface area contributed by atoms with Crippen LogP contribution >= 0.6 is 0 Å². The first-order valence-corrected chi connectivity index (χ1v) is 8.32. The smallest absolute Gasteiger partial charge is 0.319 e. The molecule has 1 unspecified atom stereocenters. The molecule has 3 rings (SSSR count). The molecule has 0 aliphatic carbocycles. The van der Waals surface area contributed by atoms with Crippen LogP contribution in [0.5, 0.6) is 0 Å². The number of amides is 2. The SMILES string of the molecule is O=C(NCC1CCCO1)Nc1ccc2c(c1)S(=O)(=O)NC2. The van der Waals surface area contributed by atoms with E-state index in [-0.39, 0.29) is 17.0 Å². The van der Waals surface area contributed by atoms with Crippen molar-refractivity contribution in [3.63, 3.8) is 0 Å². The average molecular weight is 311 g/mol. The van der Waals surface area contributed by atoms with Gasteiger partial charge in [-0.05, 0) is 30.5 Å². The summed E-state index contributed by atoms with van der Waals surface area (Å²) in [6, 6.07) is 4.49. The summed E-state index contributed by atoms with van der Waals surface area (Å²) in [6.45, 7) is 1.49. The van der Waals surface area contributed by atoms with Gasteiger partial charge in [0.1, 0.15) is 0 Å². The first-order valence-electron chi connectivity index (χ1n) is 6.84. The summed E-state index contributed by atoms with van der Waals surface area (Å²) in [4.78, 5) is 12.0. The molecule has 114 valence electrons. The van der Waals surface area contributed by atoms with Crippen LogP contribution in [0.25, 0.3) is 0 Å². The van der Waals surface area contributed by atoms with E-state index in [2.05, 4.69) is 15.4 Å². The number of fused-ring (bicyclic) bond motifs is 1. The van der Waals surface area contributed by atoms with Crippen molar-refractivity contribution in [2.45, 2.75) is 30.4 Å². The number of hydrogen-bond acceptors (Lipinski definition) is 4. The molecule has 3 N–H and O–H groups in total. The Balaban J connectivity index is 1.61. The van der Waals surface area contributed by atoms with Gasteiger partial charge in [0.05, 0.1) is 11.0 Å². The van der Waals surface area contributed by atoms with Crippen molar-refractivity contribution < 1.29 is 17.9 Å². The van der Waals surface area contributed by atoms with E-state index in [0.717, 1.165) is 19.4 Å². The van der Waals surface area contributed by atoms with Crippen LogP contribution in [0.4, 0.5) is 10.5 Å². The molecule has 21 heavy (non-hydrogen) atoms. The second-order valence-electron chi connectivity index (χ2n) is 5.12. The minimum absolute atomic E-state index is 0.0698. The number of benzene rings is 1. The van der Waals surface area contributed by atoms with Crippen LogP contribution < -0.4 is 15.4 Å². The van der Waals surface area contributed by atoms with E-state index in [0.29, 0.717) is 24.3 Å². The summed E-state index contributed by atoms with van der Waals surface area (Å²) in [5.41, 5.74) is 1.16. The zero-order valence-corrected chi connectivity index (χ0v) is 12.2. The Bertz CT molecular complexity index is 653. The van der Waals surface area contributed by atoms with Gasteiger partial charge in [-0.15, -0.1) is 0 Å². The zero-order valence-electron chi connectivity index (χ0n) is 11.4. The molecule has 2 heterocycles. The highest BCUT2D eigenvalue weighted by atomic mass is 32.2. The summed E-state index contributed by atoms with van der Waals surface area (Å²) in [5.74, 6) is 0. The topological polar surface area (TPSA) is 96.5 Å². The van der Waals surface area contributed by atoms with E-state index < -0.39 is 10.0 Å². The molecular weight excluding hydrogens is 294 g/mol. The Hall–Kier alpha value is -1.64. The van der Waals surface area contributed by atoms with Crippen LogP contribution in [0.1, 0.15) is 18.4 Å². The second-order valence-corrected chi connectivity index (χ2v) is 6.85. The van der Waals surface area contributed by atoms with E-state index in [4.69, 9.17) is 4.74 Å². The lowest BCUT2D eigenvalue weighted by Gasteiger charge is -2.12. The molecule has 1 aromatic rings. The van der Waals surface area contributed by atoms with Crippen molar-refractivity contribution in [1.82, 2.24) is 10.0 Å². The van der Waals surface area contributed by atoms with Crippen LogP contribution in [0.2, 0.25) is 0 Å². The first-order chi connectivity index (χ1) is 10.0. The number of nitrogens with one attached hydrogen (secondary N) is 3. The lowest BCUT2D eigenvalue weighted by Crippen LogP contribution is -2.35. The molecule has 0 aromatic heterocycles. The molecule has 2 aliphatic heterocycles. The molecule has 1 fully saturated rings. The quantitative estimate of drug-likeness (QED) is 0.768. The summed E-state index contributed by atoms with van der Waals surface area (Å²) in [5, 5.41) is 5.36. The van der Waals surface area contributed by atoms with Gasteiger partial charge in [-0.2, -0.15) is 0 Å². The third-order valence-electron chi connectivity index (χ3n) is 3.58. The standard InChI is InChI=1S/C13H17N3O4S/c17-13(14-8-11-2-1-5-20-11)16-10-4-3-9-7-15-21(18,19)12(9)6-10/h3-4,6,11,15H,1-2,5,7-8H2,(H2,14,16,17). The zero-order chi connectivity index (χ0) is 14.9. The van der Waals surface area contributed by atoms with E-state index in [1.165, 1.54) is 6.07 Å². The van der Waals surface area contributed by atoms with Crippen molar-refractivity contribution in [2.24, 2.45) is 0 Å². The fourth-order valence-corrected chi connectivity index (χ4v) is 3.73. The summed E-state index contributed by atoms with van der Waals surface area (Å²) in [6.07, 6.45) is 2.03. The average Bonchev–Trinajstić information content (AvgIpc) is 3.06. The van der Waals surface area contributed by atoms with Crippen molar-refractivity contribution >= 4 is 21.7 Å². The molecule has 7 nitrogen and oxygen atoms in total. The number of carbonyl (C=O) groups excluding carboxylic acids is 1. The highest BCUT2D eigenvalue weighted by Gasteiger charge is 2.25. The highest BCUT2D eigenvalue weighted by molar-refractivity contribution is 7.89. The lowest BCUT2D eigenvalue weighted by atomic mass is 10.2. The Kier molecular flexibility index (Phi) is 3.83. The Labute approximate surface area is 123 Å². The Morgan fingerprint density at radius 1 is 1.43 bits per heavy atom. The van der Waals surface area contributed by atoms with Crippen LogP contribution in [0.15, 0.2) is 23.1 Å². The van der Waals surface area contributed by atoms with E-state index in [1.807, 2.05) is 0 Å². The summed E-state index contributed by atoms with van der Waals surface area (Å²) < 4.78 is 31.3. The van der Waals surface area contributed by atoms with Gasteiger partial charge >= 0.3 is 6.03 Å². The minimum atomic E-state index is -3.43. The maximum absolute atomic E-state index is 11.8. The van der Waals surface area contributed by atoms with Crippen molar-refractivity contribution in [3.8, 4) is 0 Å². The van der Waals surface area contributed by atoms with Gasteiger partial charge in [-0.1, -0.05) is 6.07 Å². The molecular formula is C13H17N3O4S. The monoisotopic (exact) mass is 311 g/mol. The molecule has 2 amide bonds. The number of anilines is 1. The van der Waals surface area contributed by atoms with Gasteiger partial charge in [0.25, 0.3) is 0 Å². The van der Waals surface area contributed by atoms with Gasteiger partial charge in [-0.3, -0.25) is 0 Å². The number of sulfonamides is 1. The van der Waals surface area contributed by atoms with Crippen LogP contribution in [0.3, 0.4) is 0 Å². The normalized spacial score (nSPS) is 22.8. The van der Waals surface area contributed by atoms with Crippen molar-refractivity contribution in [2.75, 3.05) is 18.5 Å². The van der Waals surface area contributed by atoms with Gasteiger partial charge < -0.3 is 15.4 Å². The molecule has 0 saturated carbocycles. The van der Waals surface area contributed by atoms with E-state index in [1.54, 1.807) is 12.1 Å². The van der Waals surface area contributed by atoms with E-state index >= 15 is 0 Å². The van der Waals surface area contributed by atoms with Crippen LogP contribution in [-0.4, -0.2) is 33.7 Å². The fourth-order valence-electron chi connectivity index (χ4n) is 2.47. The first kappa shape index (κ1) is 14.3. The van der Waals surface area contributed by atoms with Gasteiger partial charge in [0.2, 0.25) is 10.0 Å². The molecule has 2 aliphatic rings. The molecule has 8 heteroatoms. The maximum Gasteiger partial charge on any atom is 0.319 e. The van der Waals surface area contributed by atoms with Gasteiger partial charge in [-0.25, -0.2) is 17.9 Å². The van der Waals surface area contributed by atoms with Crippen molar-refractivity contribution in [3.05, 3.63) is 23.8 Å². The number of urea groups is 1. The van der Waals surface area contributed by atoms with E-state index in [9.17, 15) is 13.2 Å². The number of hydrogen-bond donors (Lipinski definition) is 3. The highest BCUT2D eigenvalue weighted by Crippen LogP contribution is 2.25. The molecule has 0 spiro atoms.